The molecule has 98 valence electrons. The predicted octanol–water partition coefficient (Wildman–Crippen LogP) is 2.38. The summed E-state index contributed by atoms with van der Waals surface area (Å²) < 4.78 is 5.08. The van der Waals surface area contributed by atoms with E-state index in [2.05, 4.69) is 5.32 Å². The van der Waals surface area contributed by atoms with Crippen LogP contribution in [0.2, 0.25) is 5.02 Å². The molecule has 1 amide bonds. The van der Waals surface area contributed by atoms with Crippen LogP contribution in [0.5, 0.6) is 0 Å². The van der Waals surface area contributed by atoms with Crippen molar-refractivity contribution in [1.29, 1.82) is 0 Å². The van der Waals surface area contributed by atoms with Gasteiger partial charge in [-0.25, -0.2) is 0 Å². The minimum Gasteiger partial charge on any atom is -0.397 e. The zero-order valence-electron chi connectivity index (χ0n) is 9.98. The maximum atomic E-state index is 12.0. The molecule has 0 spiro atoms. The Labute approximate surface area is 115 Å². The first kappa shape index (κ1) is 13.5. The molecule has 0 radical (unpaired) electrons. The molecule has 2 rings (SSSR count). The Balaban J connectivity index is 1.94. The Morgan fingerprint density at radius 1 is 1.61 bits per heavy atom. The van der Waals surface area contributed by atoms with Gasteiger partial charge in [-0.2, -0.15) is 0 Å². The number of carbonyl (C=O) groups excluding carboxylic acids is 1. The number of amides is 1. The molecule has 1 unspecified atom stereocenters. The standard InChI is InChI=1S/C12H15ClN2O2S/c1-7(18-9-5-17-6-9)12(16)15-11-4-8(13)2-3-10(11)14/h2-4,7,9H,5-6,14H2,1H3,(H,15,16). The first-order chi connectivity index (χ1) is 8.56. The van der Waals surface area contributed by atoms with Crippen LogP contribution in [-0.2, 0) is 9.53 Å². The smallest absolute Gasteiger partial charge is 0.237 e. The second-order valence-electron chi connectivity index (χ2n) is 4.16. The molecule has 0 aliphatic carbocycles. The van der Waals surface area contributed by atoms with Crippen LogP contribution < -0.4 is 11.1 Å². The summed E-state index contributed by atoms with van der Waals surface area (Å²) in [4.78, 5) is 12.0. The molecule has 1 aliphatic rings. The molecule has 1 aromatic carbocycles. The summed E-state index contributed by atoms with van der Waals surface area (Å²) in [6.07, 6.45) is 0. The molecular formula is C12H15ClN2O2S. The monoisotopic (exact) mass is 286 g/mol. The summed E-state index contributed by atoms with van der Waals surface area (Å²) >= 11 is 7.48. The zero-order valence-corrected chi connectivity index (χ0v) is 11.6. The van der Waals surface area contributed by atoms with Gasteiger partial charge in [0.2, 0.25) is 5.91 Å². The van der Waals surface area contributed by atoms with Gasteiger partial charge in [0, 0.05) is 5.02 Å². The van der Waals surface area contributed by atoms with Gasteiger partial charge >= 0.3 is 0 Å². The van der Waals surface area contributed by atoms with Crippen LogP contribution in [0.1, 0.15) is 6.92 Å². The number of benzene rings is 1. The van der Waals surface area contributed by atoms with Crippen molar-refractivity contribution >= 4 is 40.6 Å². The van der Waals surface area contributed by atoms with Crippen LogP contribution in [0.4, 0.5) is 11.4 Å². The summed E-state index contributed by atoms with van der Waals surface area (Å²) in [6.45, 7) is 3.32. The van der Waals surface area contributed by atoms with E-state index in [9.17, 15) is 4.79 Å². The number of anilines is 2. The van der Waals surface area contributed by atoms with Gasteiger partial charge in [-0.3, -0.25) is 4.79 Å². The van der Waals surface area contributed by atoms with Crippen molar-refractivity contribution in [3.63, 3.8) is 0 Å². The second-order valence-corrected chi connectivity index (χ2v) is 6.24. The van der Waals surface area contributed by atoms with E-state index in [-0.39, 0.29) is 11.2 Å². The Hall–Kier alpha value is -0.910. The molecule has 1 aliphatic heterocycles. The van der Waals surface area contributed by atoms with E-state index in [4.69, 9.17) is 22.1 Å². The van der Waals surface area contributed by atoms with Crippen molar-refractivity contribution in [2.75, 3.05) is 24.3 Å². The number of ether oxygens (including phenoxy) is 1. The highest BCUT2D eigenvalue weighted by Crippen LogP contribution is 2.27. The third-order valence-electron chi connectivity index (χ3n) is 2.65. The van der Waals surface area contributed by atoms with Gasteiger partial charge in [-0.15, -0.1) is 11.8 Å². The lowest BCUT2D eigenvalue weighted by atomic mass is 10.2. The Morgan fingerprint density at radius 3 is 2.94 bits per heavy atom. The zero-order chi connectivity index (χ0) is 13.1. The lowest BCUT2D eigenvalue weighted by Gasteiger charge is -2.27. The molecule has 18 heavy (non-hydrogen) atoms. The molecule has 0 saturated carbocycles. The van der Waals surface area contributed by atoms with Crippen LogP contribution in [0.3, 0.4) is 0 Å². The fourth-order valence-electron chi connectivity index (χ4n) is 1.51. The van der Waals surface area contributed by atoms with Gasteiger partial charge in [0.1, 0.15) is 0 Å². The van der Waals surface area contributed by atoms with Gasteiger partial charge in [-0.1, -0.05) is 11.6 Å². The molecule has 1 aromatic rings. The Morgan fingerprint density at radius 2 is 2.33 bits per heavy atom. The number of thioether (sulfide) groups is 1. The molecule has 6 heteroatoms. The van der Waals surface area contributed by atoms with E-state index in [0.29, 0.717) is 21.6 Å². The van der Waals surface area contributed by atoms with E-state index >= 15 is 0 Å². The summed E-state index contributed by atoms with van der Waals surface area (Å²) in [5.74, 6) is -0.0686. The average molecular weight is 287 g/mol. The predicted molar refractivity (Wildman–Crippen MR) is 76.2 cm³/mol. The van der Waals surface area contributed by atoms with E-state index in [1.807, 2.05) is 6.92 Å². The minimum absolute atomic E-state index is 0.0686. The minimum atomic E-state index is -0.141. The van der Waals surface area contributed by atoms with Gasteiger partial charge < -0.3 is 15.8 Å². The molecule has 1 fully saturated rings. The van der Waals surface area contributed by atoms with E-state index in [0.717, 1.165) is 13.2 Å². The highest BCUT2D eigenvalue weighted by molar-refractivity contribution is 8.01. The molecule has 4 nitrogen and oxygen atoms in total. The summed E-state index contributed by atoms with van der Waals surface area (Å²) in [5, 5.41) is 3.62. The second kappa shape index (κ2) is 5.82. The van der Waals surface area contributed by atoms with E-state index in [1.165, 1.54) is 0 Å². The molecule has 1 heterocycles. The summed E-state index contributed by atoms with van der Waals surface area (Å²) in [7, 11) is 0. The fourth-order valence-corrected chi connectivity index (χ4v) is 2.80. The van der Waals surface area contributed by atoms with Crippen LogP contribution in [0.25, 0.3) is 0 Å². The number of hydrogen-bond acceptors (Lipinski definition) is 4. The largest absolute Gasteiger partial charge is 0.397 e. The molecule has 1 saturated heterocycles. The first-order valence-electron chi connectivity index (χ1n) is 5.65. The van der Waals surface area contributed by atoms with Crippen molar-refractivity contribution in [2.24, 2.45) is 0 Å². The number of hydrogen-bond donors (Lipinski definition) is 2. The van der Waals surface area contributed by atoms with Crippen molar-refractivity contribution in [2.45, 2.75) is 17.4 Å². The number of nitrogens with one attached hydrogen (secondary N) is 1. The lowest BCUT2D eigenvalue weighted by molar-refractivity contribution is -0.115. The number of rotatable bonds is 4. The average Bonchev–Trinajstić information content (AvgIpc) is 2.28. The third kappa shape index (κ3) is 3.31. The Bertz CT molecular complexity index is 452. The van der Waals surface area contributed by atoms with Crippen molar-refractivity contribution < 1.29 is 9.53 Å². The van der Waals surface area contributed by atoms with Crippen LogP contribution in [0, 0.1) is 0 Å². The molecule has 0 aromatic heterocycles. The van der Waals surface area contributed by atoms with Crippen molar-refractivity contribution in [3.8, 4) is 0 Å². The van der Waals surface area contributed by atoms with Crippen molar-refractivity contribution in [3.05, 3.63) is 23.2 Å². The fraction of sp³-hybridized carbons (Fsp3) is 0.417. The SMILES string of the molecule is CC(SC1COC1)C(=O)Nc1cc(Cl)ccc1N. The van der Waals surface area contributed by atoms with Crippen molar-refractivity contribution in [1.82, 2.24) is 0 Å². The number of halogens is 1. The van der Waals surface area contributed by atoms with Gasteiger partial charge in [0.15, 0.2) is 0 Å². The quantitative estimate of drug-likeness (QED) is 0.834. The van der Waals surface area contributed by atoms with E-state index in [1.54, 1.807) is 30.0 Å². The van der Waals surface area contributed by atoms with Crippen LogP contribution in [0.15, 0.2) is 18.2 Å². The lowest BCUT2D eigenvalue weighted by Crippen LogP contribution is -2.34. The molecular weight excluding hydrogens is 272 g/mol. The van der Waals surface area contributed by atoms with E-state index < -0.39 is 0 Å². The van der Waals surface area contributed by atoms with Gasteiger partial charge in [0.25, 0.3) is 0 Å². The maximum absolute atomic E-state index is 12.0. The number of carbonyl (C=O) groups is 1. The summed E-state index contributed by atoms with van der Waals surface area (Å²) in [6, 6.07) is 5.02. The molecule has 3 N–H and O–H groups in total. The summed E-state index contributed by atoms with van der Waals surface area (Å²) in [5.41, 5.74) is 6.85. The van der Waals surface area contributed by atoms with Gasteiger partial charge in [-0.05, 0) is 25.1 Å². The molecule has 1 atom stereocenters. The highest BCUT2D eigenvalue weighted by Gasteiger charge is 2.25. The number of nitrogen functional groups attached to an aromatic ring is 1. The third-order valence-corrected chi connectivity index (χ3v) is 4.16. The van der Waals surface area contributed by atoms with Crippen LogP contribution in [-0.4, -0.2) is 29.6 Å². The maximum Gasteiger partial charge on any atom is 0.237 e. The first-order valence-corrected chi connectivity index (χ1v) is 6.97. The normalized spacial score (nSPS) is 17.0. The number of nitrogens with two attached hydrogens (primary N) is 1. The van der Waals surface area contributed by atoms with Crippen LogP contribution >= 0.6 is 23.4 Å². The topological polar surface area (TPSA) is 64.3 Å². The molecule has 0 bridgehead atoms. The Kier molecular flexibility index (Phi) is 4.37. The van der Waals surface area contributed by atoms with Gasteiger partial charge in [0.05, 0.1) is 35.1 Å². The highest BCUT2D eigenvalue weighted by atomic mass is 35.5.